The molecule has 0 aliphatic carbocycles. The smallest absolute Gasteiger partial charge is 0.338 e. The molecule has 1 heterocycles. The minimum Gasteiger partial charge on any atom is -0.465 e. The van der Waals surface area contributed by atoms with E-state index in [1.165, 1.54) is 18.1 Å². The van der Waals surface area contributed by atoms with Gasteiger partial charge in [0.15, 0.2) is 5.78 Å². The molecule has 0 aliphatic rings. The lowest BCUT2D eigenvalue weighted by Crippen LogP contribution is -2.17. The predicted molar refractivity (Wildman–Crippen MR) is 84.8 cm³/mol. The third-order valence-electron chi connectivity index (χ3n) is 3.09. The number of hydrogen-bond acceptors (Lipinski definition) is 7. The van der Waals surface area contributed by atoms with Crippen LogP contribution in [0.3, 0.4) is 0 Å². The normalized spacial score (nSPS) is 9.80. The van der Waals surface area contributed by atoms with Gasteiger partial charge in [0.1, 0.15) is 23.5 Å². The van der Waals surface area contributed by atoms with Crippen molar-refractivity contribution in [1.82, 2.24) is 14.8 Å². The molecule has 25 heavy (non-hydrogen) atoms. The molecule has 0 saturated heterocycles. The third-order valence-corrected chi connectivity index (χ3v) is 3.09. The maximum absolute atomic E-state index is 13.5. The fourth-order valence-electron chi connectivity index (χ4n) is 2.01. The number of ether oxygens (including phenoxy) is 1. The highest BCUT2D eigenvalue weighted by Gasteiger charge is 2.30. The van der Waals surface area contributed by atoms with Gasteiger partial charge >= 0.3 is 5.97 Å². The minimum atomic E-state index is -1.05. The number of carbonyl (C=O) groups excluding carboxylic acids is 2. The Morgan fingerprint density at radius 3 is 2.48 bits per heavy atom. The molecule has 9 nitrogen and oxygen atoms in total. The molecule has 0 aliphatic heterocycles. The number of esters is 1. The summed E-state index contributed by atoms with van der Waals surface area (Å²) >= 11 is 0. The van der Waals surface area contributed by atoms with E-state index < -0.39 is 39.3 Å². The van der Waals surface area contributed by atoms with Gasteiger partial charge in [0.05, 0.1) is 30.1 Å². The Hall–Kier alpha value is -3.17. The molecular weight excluding hydrogens is 335 g/mol. The first kappa shape index (κ1) is 19.9. The Kier molecular flexibility index (Phi) is 6.85. The van der Waals surface area contributed by atoms with Crippen molar-refractivity contribution in [2.75, 3.05) is 7.11 Å². The number of benzene rings is 1. The topological polar surface area (TPSA) is 117 Å². The fourth-order valence-corrected chi connectivity index (χ4v) is 2.01. The molecule has 0 amide bonds. The molecule has 0 N–H and O–H groups in total. The number of carbonyl (C=O) groups is 2. The molecule has 1 aromatic carbocycles. The highest BCUT2D eigenvalue weighted by atomic mass is 19.1. The van der Waals surface area contributed by atoms with E-state index in [2.05, 4.69) is 14.8 Å². The maximum atomic E-state index is 13.5. The average Bonchev–Trinajstić information content (AvgIpc) is 2.99. The number of aryl methyl sites for hydroxylation is 1. The maximum Gasteiger partial charge on any atom is 0.338 e. The number of nitro groups is 1. The quantitative estimate of drug-likeness (QED) is 0.350. The van der Waals surface area contributed by atoms with Crippen molar-refractivity contribution in [3.05, 3.63) is 51.3 Å². The van der Waals surface area contributed by atoms with Gasteiger partial charge in [-0.25, -0.2) is 14.2 Å². The zero-order valence-corrected chi connectivity index (χ0v) is 14.1. The van der Waals surface area contributed by atoms with Gasteiger partial charge in [-0.2, -0.15) is 5.10 Å². The van der Waals surface area contributed by atoms with Crippen LogP contribution in [0.4, 0.5) is 10.1 Å². The molecular formula is C15H17FN4O5. The van der Waals surface area contributed by atoms with Crippen molar-refractivity contribution >= 4 is 17.4 Å². The first-order valence-electron chi connectivity index (χ1n) is 7.27. The van der Waals surface area contributed by atoms with Gasteiger partial charge in [0.2, 0.25) is 0 Å². The first-order valence-corrected chi connectivity index (χ1v) is 7.27. The van der Waals surface area contributed by atoms with Crippen LogP contribution >= 0.6 is 0 Å². The zero-order chi connectivity index (χ0) is 19.1. The van der Waals surface area contributed by atoms with Gasteiger partial charge in [0, 0.05) is 7.05 Å². The lowest BCUT2D eigenvalue weighted by Gasteiger charge is -2.08. The monoisotopic (exact) mass is 352 g/mol. The highest BCUT2D eigenvalue weighted by Crippen LogP contribution is 2.26. The summed E-state index contributed by atoms with van der Waals surface area (Å²) in [7, 11) is 2.56. The van der Waals surface area contributed by atoms with E-state index in [0.29, 0.717) is 6.07 Å². The summed E-state index contributed by atoms with van der Waals surface area (Å²) in [6.45, 7) is 4.00. The second-order valence-electron chi connectivity index (χ2n) is 4.50. The molecule has 0 fully saturated rings. The summed E-state index contributed by atoms with van der Waals surface area (Å²) in [5.41, 5.74) is -1.84. The van der Waals surface area contributed by atoms with Crippen molar-refractivity contribution in [3.8, 4) is 0 Å². The van der Waals surface area contributed by atoms with Gasteiger partial charge in [-0.05, 0) is 6.07 Å². The SMILES string of the molecule is CC.COC(=O)c1cc(F)cc([N+](=O)[O-])c1C(=O)Cc1ncnn1C. The van der Waals surface area contributed by atoms with Crippen LogP contribution in [0.25, 0.3) is 0 Å². The zero-order valence-electron chi connectivity index (χ0n) is 14.1. The van der Waals surface area contributed by atoms with Crippen molar-refractivity contribution in [1.29, 1.82) is 0 Å². The largest absolute Gasteiger partial charge is 0.465 e. The van der Waals surface area contributed by atoms with E-state index in [9.17, 15) is 24.1 Å². The number of hydrogen-bond donors (Lipinski definition) is 0. The van der Waals surface area contributed by atoms with E-state index in [1.807, 2.05) is 13.8 Å². The van der Waals surface area contributed by atoms with E-state index in [-0.39, 0.29) is 12.2 Å². The molecule has 0 spiro atoms. The first-order chi connectivity index (χ1) is 11.8. The van der Waals surface area contributed by atoms with Gasteiger partial charge in [-0.3, -0.25) is 19.6 Å². The van der Waals surface area contributed by atoms with Crippen LogP contribution in [0.15, 0.2) is 18.5 Å². The summed E-state index contributed by atoms with van der Waals surface area (Å²) in [5.74, 6) is -2.60. The third kappa shape index (κ3) is 4.43. The summed E-state index contributed by atoms with van der Waals surface area (Å²) in [6, 6.07) is 1.30. The predicted octanol–water partition coefficient (Wildman–Crippen LogP) is 2.10. The number of nitro benzene ring substituents is 1. The molecule has 0 saturated carbocycles. The van der Waals surface area contributed by atoms with Gasteiger partial charge in [-0.15, -0.1) is 0 Å². The van der Waals surface area contributed by atoms with E-state index in [0.717, 1.165) is 13.2 Å². The van der Waals surface area contributed by atoms with Crippen LogP contribution in [0.5, 0.6) is 0 Å². The summed E-state index contributed by atoms with van der Waals surface area (Å²) in [5, 5.41) is 14.9. The number of Topliss-reactive ketones (excluding diaryl/α,β-unsaturated/α-hetero) is 1. The van der Waals surface area contributed by atoms with Crippen molar-refractivity contribution in [2.24, 2.45) is 7.05 Å². The molecule has 0 unspecified atom stereocenters. The molecule has 134 valence electrons. The molecule has 0 radical (unpaired) electrons. The van der Waals surface area contributed by atoms with Gasteiger partial charge in [-0.1, -0.05) is 13.8 Å². The molecule has 1 aromatic heterocycles. The lowest BCUT2D eigenvalue weighted by molar-refractivity contribution is -0.385. The summed E-state index contributed by atoms with van der Waals surface area (Å²) in [4.78, 5) is 38.2. The summed E-state index contributed by atoms with van der Waals surface area (Å²) in [6.07, 6.45) is 0.871. The van der Waals surface area contributed by atoms with Crippen LogP contribution in [-0.2, 0) is 18.2 Å². The minimum absolute atomic E-state index is 0.240. The van der Waals surface area contributed by atoms with Crippen LogP contribution in [0.2, 0.25) is 0 Å². The Morgan fingerprint density at radius 2 is 2.00 bits per heavy atom. The number of nitrogens with zero attached hydrogens (tertiary/aromatic N) is 4. The molecule has 2 rings (SSSR count). The average molecular weight is 352 g/mol. The van der Waals surface area contributed by atoms with Crippen LogP contribution in [0.1, 0.15) is 40.4 Å². The Balaban J connectivity index is 0.00000151. The second kappa shape index (κ2) is 8.62. The number of aromatic nitrogens is 3. The number of halogens is 1. The lowest BCUT2D eigenvalue weighted by atomic mass is 9.99. The fraction of sp³-hybridized carbons (Fsp3) is 0.333. The Morgan fingerprint density at radius 1 is 1.36 bits per heavy atom. The van der Waals surface area contributed by atoms with E-state index in [4.69, 9.17) is 0 Å². The van der Waals surface area contributed by atoms with Crippen LogP contribution in [0, 0.1) is 15.9 Å². The van der Waals surface area contributed by atoms with E-state index in [1.54, 1.807) is 0 Å². The standard InChI is InChI=1S/C13H11FN4O5.C2H6/c1-17-11(15-6-16-17)5-10(19)12-8(13(20)23-2)3-7(14)4-9(12)18(21)22;1-2/h3-4,6H,5H2,1-2H3;1-2H3. The van der Waals surface area contributed by atoms with Crippen molar-refractivity contribution in [3.63, 3.8) is 0 Å². The van der Waals surface area contributed by atoms with Crippen LogP contribution in [-0.4, -0.2) is 38.6 Å². The van der Waals surface area contributed by atoms with E-state index >= 15 is 0 Å². The van der Waals surface area contributed by atoms with Crippen LogP contribution < -0.4 is 0 Å². The number of methoxy groups -OCH3 is 1. The molecule has 10 heteroatoms. The Bertz CT molecular complexity index is 803. The highest BCUT2D eigenvalue weighted by molar-refractivity contribution is 6.09. The van der Waals surface area contributed by atoms with Gasteiger partial charge < -0.3 is 4.74 Å². The molecule has 0 bridgehead atoms. The summed E-state index contributed by atoms with van der Waals surface area (Å²) < 4.78 is 19.3. The second-order valence-corrected chi connectivity index (χ2v) is 4.50. The number of ketones is 1. The number of rotatable bonds is 5. The van der Waals surface area contributed by atoms with Gasteiger partial charge in [0.25, 0.3) is 5.69 Å². The molecule has 2 aromatic rings. The Labute approximate surface area is 142 Å². The van der Waals surface area contributed by atoms with Crippen molar-refractivity contribution in [2.45, 2.75) is 20.3 Å². The van der Waals surface area contributed by atoms with Crippen molar-refractivity contribution < 1.29 is 23.6 Å². The molecule has 0 atom stereocenters.